The fraction of sp³-hybridized carbons (Fsp3) is 0.717. The molecule has 0 bridgehead atoms. The molecule has 7 nitrogen and oxygen atoms in total. The summed E-state index contributed by atoms with van der Waals surface area (Å²) in [6, 6.07) is 8.04. The first-order valence-corrected chi connectivity index (χ1v) is 20.7. The summed E-state index contributed by atoms with van der Waals surface area (Å²) in [6.07, 6.45) is 14.7. The van der Waals surface area contributed by atoms with Crippen LogP contribution in [0.15, 0.2) is 42.5 Å². The third-order valence-corrected chi connectivity index (χ3v) is 16.5. The van der Waals surface area contributed by atoms with Gasteiger partial charge in [-0.05, 0) is 165 Å². The quantitative estimate of drug-likeness (QED) is 0.127. The average Bonchev–Trinajstić information content (AvgIpc) is 3.54. The van der Waals surface area contributed by atoms with E-state index in [-0.39, 0.29) is 44.9 Å². The Labute approximate surface area is 319 Å². The monoisotopic (exact) mass is 729 g/mol. The van der Waals surface area contributed by atoms with Crippen LogP contribution in [0.3, 0.4) is 0 Å². The van der Waals surface area contributed by atoms with Gasteiger partial charge in [-0.2, -0.15) is 0 Å². The summed E-state index contributed by atoms with van der Waals surface area (Å²) in [4.78, 5) is 38.0. The highest BCUT2D eigenvalue weighted by Crippen LogP contribution is 2.77. The second-order valence-corrected chi connectivity index (χ2v) is 19.0. The standard InChI is InChI=1S/C46H68N2O5/c1-30(2)33-19-24-46(41(51)48-29-11-28-47-27-10-12-38(49)52-8)26-25-44(6)35(39(33)46)17-18-37-43(5)22-20-34(31-13-15-32(16-14-31)40(50)53-9)42(3,4)36(43)21-23-45(37,44)7/h13-16,20,33,35-37,39,47H,1,10-12,17-19,21-29H2,2-9H3,(H,48,51). The molecule has 9 atom stereocenters. The summed E-state index contributed by atoms with van der Waals surface area (Å²) < 4.78 is 9.70. The van der Waals surface area contributed by atoms with Crippen LogP contribution in [0, 0.1) is 56.7 Å². The van der Waals surface area contributed by atoms with Gasteiger partial charge in [0.15, 0.2) is 0 Å². The number of hydrogen-bond acceptors (Lipinski definition) is 6. The van der Waals surface area contributed by atoms with Crippen molar-refractivity contribution in [1.29, 1.82) is 0 Å². The van der Waals surface area contributed by atoms with E-state index in [1.54, 1.807) is 0 Å². The highest BCUT2D eigenvalue weighted by Gasteiger charge is 2.71. The van der Waals surface area contributed by atoms with E-state index in [4.69, 9.17) is 9.47 Å². The zero-order valence-electron chi connectivity index (χ0n) is 34.1. The van der Waals surface area contributed by atoms with Gasteiger partial charge in [-0.15, -0.1) is 0 Å². The number of hydrogen-bond donors (Lipinski definition) is 2. The van der Waals surface area contributed by atoms with Crippen LogP contribution in [-0.2, 0) is 19.1 Å². The molecular weight excluding hydrogens is 661 g/mol. The van der Waals surface area contributed by atoms with Crippen molar-refractivity contribution in [2.75, 3.05) is 33.9 Å². The number of fused-ring (bicyclic) bond motifs is 7. The van der Waals surface area contributed by atoms with Gasteiger partial charge in [0.2, 0.25) is 5.91 Å². The number of allylic oxidation sites excluding steroid dienone is 3. The summed E-state index contributed by atoms with van der Waals surface area (Å²) in [6.45, 7) is 21.9. The number of ether oxygens (including phenoxy) is 2. The van der Waals surface area contributed by atoms with E-state index in [9.17, 15) is 14.4 Å². The first kappa shape index (κ1) is 39.8. The molecule has 0 aliphatic heterocycles. The lowest BCUT2D eigenvalue weighted by atomic mass is 9.32. The molecule has 53 heavy (non-hydrogen) atoms. The zero-order valence-corrected chi connectivity index (χ0v) is 34.1. The van der Waals surface area contributed by atoms with E-state index in [0.29, 0.717) is 48.1 Å². The van der Waals surface area contributed by atoms with Crippen molar-refractivity contribution in [1.82, 2.24) is 10.6 Å². The van der Waals surface area contributed by atoms with E-state index >= 15 is 0 Å². The number of esters is 2. The molecule has 1 amide bonds. The van der Waals surface area contributed by atoms with E-state index in [0.717, 1.165) is 58.0 Å². The van der Waals surface area contributed by atoms with Crippen molar-refractivity contribution in [3.8, 4) is 0 Å². The van der Waals surface area contributed by atoms with Crippen molar-refractivity contribution in [2.45, 2.75) is 119 Å². The number of carbonyl (C=O) groups excluding carboxylic acids is 3. The van der Waals surface area contributed by atoms with Crippen molar-refractivity contribution >= 4 is 23.4 Å². The lowest BCUT2D eigenvalue weighted by Crippen LogP contribution is -2.66. The van der Waals surface area contributed by atoms with Gasteiger partial charge in [-0.3, -0.25) is 9.59 Å². The van der Waals surface area contributed by atoms with Gasteiger partial charge >= 0.3 is 11.9 Å². The van der Waals surface area contributed by atoms with E-state index < -0.39 is 0 Å². The molecule has 0 spiro atoms. The zero-order chi connectivity index (χ0) is 38.4. The number of nitrogens with one attached hydrogen (secondary N) is 2. The smallest absolute Gasteiger partial charge is 0.337 e. The lowest BCUT2D eigenvalue weighted by molar-refractivity contribution is -0.225. The normalized spacial score (nSPS) is 36.8. The fourth-order valence-corrected chi connectivity index (χ4v) is 13.7. The van der Waals surface area contributed by atoms with Crippen LogP contribution in [0.2, 0.25) is 0 Å². The Bertz CT molecular complexity index is 1600. The molecule has 0 heterocycles. The summed E-state index contributed by atoms with van der Waals surface area (Å²) in [5.74, 6) is 2.28. The molecule has 4 fully saturated rings. The summed E-state index contributed by atoms with van der Waals surface area (Å²) in [5.41, 5.74) is 4.76. The van der Waals surface area contributed by atoms with Crippen LogP contribution in [0.4, 0.5) is 0 Å². The highest BCUT2D eigenvalue weighted by atomic mass is 16.5. The molecule has 0 saturated heterocycles. The molecule has 0 aromatic heterocycles. The van der Waals surface area contributed by atoms with E-state index in [2.05, 4.69) is 77.0 Å². The Morgan fingerprint density at radius 2 is 1.53 bits per heavy atom. The molecular formula is C46H68N2O5. The van der Waals surface area contributed by atoms with Gasteiger partial charge in [0, 0.05) is 13.0 Å². The third-order valence-electron chi connectivity index (χ3n) is 16.5. The van der Waals surface area contributed by atoms with Gasteiger partial charge in [-0.25, -0.2) is 4.79 Å². The largest absolute Gasteiger partial charge is 0.469 e. The molecule has 9 unspecified atom stereocenters. The highest BCUT2D eigenvalue weighted by molar-refractivity contribution is 5.90. The minimum atomic E-state index is -0.306. The lowest BCUT2D eigenvalue weighted by Gasteiger charge is -2.72. The SMILES string of the molecule is C=C(C)C1CCC2(C(=O)NCCCNCCCC(=O)OC)CCC3(C)C(CCC4C5(C)CC=C(c6ccc(C(=O)OC)cc6)C(C)(C)C5CCC43C)C12. The predicted octanol–water partition coefficient (Wildman–Crippen LogP) is 9.17. The summed E-state index contributed by atoms with van der Waals surface area (Å²) in [5, 5.41) is 6.85. The Kier molecular flexibility index (Phi) is 11.2. The Morgan fingerprint density at radius 3 is 2.21 bits per heavy atom. The first-order valence-electron chi connectivity index (χ1n) is 20.7. The third kappa shape index (κ3) is 6.53. The fourth-order valence-electron chi connectivity index (χ4n) is 13.7. The maximum atomic E-state index is 14.4. The molecule has 292 valence electrons. The van der Waals surface area contributed by atoms with Crippen LogP contribution in [0.25, 0.3) is 5.57 Å². The number of benzene rings is 1. The number of carbonyl (C=O) groups is 3. The molecule has 1 aromatic carbocycles. The Morgan fingerprint density at radius 1 is 0.811 bits per heavy atom. The predicted molar refractivity (Wildman–Crippen MR) is 212 cm³/mol. The van der Waals surface area contributed by atoms with Gasteiger partial charge < -0.3 is 20.1 Å². The number of methoxy groups -OCH3 is 2. The summed E-state index contributed by atoms with van der Waals surface area (Å²) in [7, 11) is 2.86. The van der Waals surface area contributed by atoms with Crippen LogP contribution in [0.1, 0.15) is 135 Å². The van der Waals surface area contributed by atoms with Crippen LogP contribution in [0.5, 0.6) is 0 Å². The Balaban J connectivity index is 1.20. The van der Waals surface area contributed by atoms with Gasteiger partial charge in [0.1, 0.15) is 0 Å². The average molecular weight is 729 g/mol. The van der Waals surface area contributed by atoms with Crippen molar-refractivity contribution in [3.63, 3.8) is 0 Å². The van der Waals surface area contributed by atoms with Crippen LogP contribution in [-0.4, -0.2) is 51.7 Å². The molecule has 4 saturated carbocycles. The van der Waals surface area contributed by atoms with Crippen LogP contribution >= 0.6 is 0 Å². The van der Waals surface area contributed by atoms with Gasteiger partial charge in [0.25, 0.3) is 0 Å². The maximum Gasteiger partial charge on any atom is 0.337 e. The minimum Gasteiger partial charge on any atom is -0.469 e. The van der Waals surface area contributed by atoms with Gasteiger partial charge in [-0.1, -0.05) is 65.0 Å². The minimum absolute atomic E-state index is 0.00769. The molecule has 1 aromatic rings. The second-order valence-electron chi connectivity index (χ2n) is 19.0. The number of amides is 1. The first-order chi connectivity index (χ1) is 25.1. The topological polar surface area (TPSA) is 93.7 Å². The number of rotatable bonds is 12. The van der Waals surface area contributed by atoms with Crippen molar-refractivity contribution in [2.24, 2.45) is 56.7 Å². The molecule has 0 radical (unpaired) electrons. The second kappa shape index (κ2) is 15.0. The van der Waals surface area contributed by atoms with Crippen molar-refractivity contribution in [3.05, 3.63) is 53.6 Å². The maximum absolute atomic E-state index is 14.4. The Hall–Kier alpha value is -2.93. The van der Waals surface area contributed by atoms with Crippen LogP contribution < -0.4 is 10.6 Å². The van der Waals surface area contributed by atoms with Gasteiger partial charge in [0.05, 0.1) is 25.2 Å². The van der Waals surface area contributed by atoms with E-state index in [1.807, 2.05) is 12.1 Å². The summed E-state index contributed by atoms with van der Waals surface area (Å²) >= 11 is 0. The van der Waals surface area contributed by atoms with E-state index in [1.165, 1.54) is 56.6 Å². The molecule has 2 N–H and O–H groups in total. The molecule has 6 rings (SSSR count). The molecule has 5 aliphatic carbocycles. The van der Waals surface area contributed by atoms with Crippen molar-refractivity contribution < 1.29 is 23.9 Å². The molecule has 5 aliphatic rings. The molecule has 7 heteroatoms.